The van der Waals surface area contributed by atoms with Crippen LogP contribution in [0.3, 0.4) is 0 Å². The van der Waals surface area contributed by atoms with E-state index in [1.165, 1.54) is 13.8 Å². The lowest BCUT2D eigenvalue weighted by atomic mass is 9.86. The zero-order valence-electron chi connectivity index (χ0n) is 18.5. The van der Waals surface area contributed by atoms with Gasteiger partial charge in [0.05, 0.1) is 0 Å². The molecule has 0 radical (unpaired) electrons. The van der Waals surface area contributed by atoms with E-state index in [0.29, 0.717) is 23.6 Å². The molecule has 7 heteroatoms. The molecule has 3 aromatic rings. The number of rotatable bonds is 8. The normalized spacial score (nSPS) is 13.3. The molecule has 3 rings (SSSR count). The first-order valence-electron chi connectivity index (χ1n) is 10.5. The Labute approximate surface area is 196 Å². The van der Waals surface area contributed by atoms with Gasteiger partial charge in [-0.05, 0) is 50.5 Å². The van der Waals surface area contributed by atoms with Crippen LogP contribution in [0.2, 0.25) is 5.02 Å². The number of halogens is 4. The van der Waals surface area contributed by atoms with E-state index in [9.17, 15) is 18.0 Å². The molecule has 0 fully saturated rings. The highest BCUT2D eigenvalue weighted by Gasteiger charge is 2.33. The van der Waals surface area contributed by atoms with Gasteiger partial charge in [-0.25, -0.2) is 13.2 Å². The van der Waals surface area contributed by atoms with E-state index in [4.69, 9.17) is 16.3 Å². The van der Waals surface area contributed by atoms with Crippen LogP contribution in [0.25, 0.3) is 0 Å². The van der Waals surface area contributed by atoms with E-state index in [1.807, 2.05) is 61.5 Å². The summed E-state index contributed by atoms with van der Waals surface area (Å²) in [6.07, 6.45) is 0.651. The van der Waals surface area contributed by atoms with Gasteiger partial charge in [0.25, 0.3) is 5.91 Å². The molecule has 0 spiro atoms. The largest absolute Gasteiger partial charge is 0.478 e. The predicted octanol–water partition coefficient (Wildman–Crippen LogP) is 6.45. The highest BCUT2D eigenvalue weighted by Crippen LogP contribution is 2.27. The van der Waals surface area contributed by atoms with E-state index in [-0.39, 0.29) is 17.7 Å². The first-order valence-corrected chi connectivity index (χ1v) is 10.9. The van der Waals surface area contributed by atoms with Gasteiger partial charge in [-0.1, -0.05) is 54.1 Å². The van der Waals surface area contributed by atoms with Gasteiger partial charge in [0.15, 0.2) is 23.1 Å². The quantitative estimate of drug-likeness (QED) is 0.380. The van der Waals surface area contributed by atoms with Gasteiger partial charge in [-0.2, -0.15) is 0 Å². The van der Waals surface area contributed by atoms with Gasteiger partial charge in [0.1, 0.15) is 5.75 Å². The first kappa shape index (κ1) is 24.6. The SMILES string of the molecule is C[C@H](NC(=O)C(C)(C)Oc1cc(F)c(F)c(F)c1)[C@@H](Cc1ccc(Cl)cc1)c1ccccc1. The molecule has 0 heterocycles. The third-order valence-corrected chi connectivity index (χ3v) is 5.69. The van der Waals surface area contributed by atoms with E-state index in [1.54, 1.807) is 0 Å². The van der Waals surface area contributed by atoms with Crippen molar-refractivity contribution in [3.8, 4) is 5.75 Å². The summed E-state index contributed by atoms with van der Waals surface area (Å²) in [6.45, 7) is 4.84. The maximum Gasteiger partial charge on any atom is 0.263 e. The summed E-state index contributed by atoms with van der Waals surface area (Å²) in [4.78, 5) is 13.0. The summed E-state index contributed by atoms with van der Waals surface area (Å²) in [5, 5.41) is 3.60. The number of nitrogens with one attached hydrogen (secondary N) is 1. The molecule has 0 aliphatic carbocycles. The Hall–Kier alpha value is -2.99. The lowest BCUT2D eigenvalue weighted by Gasteiger charge is -2.31. The molecule has 0 saturated heterocycles. The Morgan fingerprint density at radius 3 is 2.15 bits per heavy atom. The fourth-order valence-electron chi connectivity index (χ4n) is 3.57. The van der Waals surface area contributed by atoms with Crippen molar-refractivity contribution in [1.82, 2.24) is 5.32 Å². The molecular weight excluding hydrogens is 451 g/mol. The average Bonchev–Trinajstić information content (AvgIpc) is 2.77. The minimum absolute atomic E-state index is 0.0622. The molecule has 0 aromatic heterocycles. The Bertz CT molecular complexity index is 1080. The molecule has 174 valence electrons. The smallest absolute Gasteiger partial charge is 0.263 e. The number of carbonyl (C=O) groups excluding carboxylic acids is 1. The summed E-state index contributed by atoms with van der Waals surface area (Å²) in [5.74, 6) is -5.18. The zero-order chi connectivity index (χ0) is 24.2. The van der Waals surface area contributed by atoms with Crippen LogP contribution in [0.1, 0.15) is 37.8 Å². The van der Waals surface area contributed by atoms with E-state index in [2.05, 4.69) is 5.32 Å². The molecule has 0 aliphatic heterocycles. The highest BCUT2D eigenvalue weighted by molar-refractivity contribution is 6.30. The van der Waals surface area contributed by atoms with Crippen molar-refractivity contribution >= 4 is 17.5 Å². The van der Waals surface area contributed by atoms with Crippen LogP contribution in [0.4, 0.5) is 13.2 Å². The van der Waals surface area contributed by atoms with Crippen molar-refractivity contribution in [3.05, 3.63) is 100 Å². The number of carbonyl (C=O) groups is 1. The van der Waals surface area contributed by atoms with Gasteiger partial charge in [0.2, 0.25) is 0 Å². The van der Waals surface area contributed by atoms with Gasteiger partial charge in [-0.15, -0.1) is 0 Å². The molecule has 1 amide bonds. The van der Waals surface area contributed by atoms with E-state index < -0.39 is 29.0 Å². The monoisotopic (exact) mass is 475 g/mol. The maximum atomic E-state index is 13.5. The second-order valence-electron chi connectivity index (χ2n) is 8.42. The molecule has 0 unspecified atom stereocenters. The molecule has 0 saturated carbocycles. The summed E-state index contributed by atoms with van der Waals surface area (Å²) in [6, 6.07) is 18.4. The van der Waals surface area contributed by atoms with E-state index in [0.717, 1.165) is 11.1 Å². The van der Waals surface area contributed by atoms with Gasteiger partial charge in [0, 0.05) is 29.1 Å². The van der Waals surface area contributed by atoms with Crippen molar-refractivity contribution in [2.45, 2.75) is 44.8 Å². The average molecular weight is 476 g/mol. The minimum Gasteiger partial charge on any atom is -0.478 e. The van der Waals surface area contributed by atoms with Crippen LogP contribution in [-0.2, 0) is 11.2 Å². The predicted molar refractivity (Wildman–Crippen MR) is 123 cm³/mol. The molecule has 0 bridgehead atoms. The number of amides is 1. The Morgan fingerprint density at radius 1 is 1.00 bits per heavy atom. The van der Waals surface area contributed by atoms with Crippen LogP contribution in [-0.4, -0.2) is 17.6 Å². The van der Waals surface area contributed by atoms with Crippen LogP contribution < -0.4 is 10.1 Å². The number of hydrogen-bond donors (Lipinski definition) is 1. The van der Waals surface area contributed by atoms with Gasteiger partial charge >= 0.3 is 0 Å². The first-order chi connectivity index (χ1) is 15.6. The van der Waals surface area contributed by atoms with Crippen LogP contribution in [0.15, 0.2) is 66.7 Å². The van der Waals surface area contributed by atoms with E-state index >= 15 is 0 Å². The van der Waals surface area contributed by atoms with Crippen molar-refractivity contribution in [2.24, 2.45) is 0 Å². The molecule has 2 atom stereocenters. The van der Waals surface area contributed by atoms with Crippen LogP contribution in [0.5, 0.6) is 5.75 Å². The fourth-order valence-corrected chi connectivity index (χ4v) is 3.70. The van der Waals surface area contributed by atoms with Gasteiger partial charge in [-0.3, -0.25) is 4.79 Å². The zero-order valence-corrected chi connectivity index (χ0v) is 19.3. The van der Waals surface area contributed by atoms with Gasteiger partial charge < -0.3 is 10.1 Å². The number of hydrogen-bond acceptors (Lipinski definition) is 2. The van der Waals surface area contributed by atoms with Crippen LogP contribution in [0, 0.1) is 17.5 Å². The van der Waals surface area contributed by atoms with Crippen molar-refractivity contribution < 1.29 is 22.7 Å². The second-order valence-corrected chi connectivity index (χ2v) is 8.86. The highest BCUT2D eigenvalue weighted by atomic mass is 35.5. The molecule has 3 nitrogen and oxygen atoms in total. The van der Waals surface area contributed by atoms with Crippen LogP contribution >= 0.6 is 11.6 Å². The molecule has 3 aromatic carbocycles. The maximum absolute atomic E-state index is 13.5. The standard InChI is InChI=1S/C26H25ClF3NO2/c1-16(21(18-7-5-4-6-8-18)13-17-9-11-19(27)12-10-17)31-25(32)26(2,3)33-20-14-22(28)24(30)23(29)15-20/h4-12,14-16,21H,13H2,1-3H3,(H,31,32)/t16-,21+/m0/s1. The lowest BCUT2D eigenvalue weighted by Crippen LogP contribution is -2.51. The lowest BCUT2D eigenvalue weighted by molar-refractivity contribution is -0.135. The third-order valence-electron chi connectivity index (χ3n) is 5.44. The third kappa shape index (κ3) is 6.29. The summed E-state index contributed by atoms with van der Waals surface area (Å²) in [5.41, 5.74) is 0.635. The Kier molecular flexibility index (Phi) is 7.69. The minimum atomic E-state index is -1.59. The molecule has 0 aliphatic rings. The van der Waals surface area contributed by atoms with Crippen molar-refractivity contribution in [1.29, 1.82) is 0 Å². The fraction of sp³-hybridized carbons (Fsp3) is 0.269. The Balaban J connectivity index is 1.78. The van der Waals surface area contributed by atoms with Crippen molar-refractivity contribution in [3.63, 3.8) is 0 Å². The number of benzene rings is 3. The van der Waals surface area contributed by atoms with Crippen molar-refractivity contribution in [2.75, 3.05) is 0 Å². The number of ether oxygens (including phenoxy) is 1. The second kappa shape index (κ2) is 10.3. The summed E-state index contributed by atoms with van der Waals surface area (Å²) >= 11 is 6.00. The molecule has 1 N–H and O–H groups in total. The Morgan fingerprint density at radius 2 is 1.58 bits per heavy atom. The molecule has 33 heavy (non-hydrogen) atoms. The topological polar surface area (TPSA) is 38.3 Å². The molecular formula is C26H25ClF3NO2. The summed E-state index contributed by atoms with van der Waals surface area (Å²) < 4.78 is 45.9. The summed E-state index contributed by atoms with van der Waals surface area (Å²) in [7, 11) is 0.